The number of nitrogens with one attached hydrogen (secondary N) is 1. The van der Waals surface area contributed by atoms with E-state index in [1.165, 1.54) is 18.2 Å². The quantitative estimate of drug-likeness (QED) is 0.881. The lowest BCUT2D eigenvalue weighted by atomic mass is 9.93. The number of halogens is 3. The first kappa shape index (κ1) is 16.8. The van der Waals surface area contributed by atoms with Gasteiger partial charge in [0.2, 0.25) is 0 Å². The number of carbonyl (C=O) groups is 2. The predicted molar refractivity (Wildman–Crippen MR) is 81.5 cm³/mol. The molecule has 0 spiro atoms. The van der Waals surface area contributed by atoms with Gasteiger partial charge in [-0.15, -0.1) is 0 Å². The topological polar surface area (TPSA) is 69.6 Å². The largest absolute Gasteiger partial charge is 0.465 e. The van der Waals surface area contributed by atoms with Crippen LogP contribution >= 0.6 is 23.2 Å². The zero-order valence-electron chi connectivity index (χ0n) is 11.6. The molecule has 8 heteroatoms. The Morgan fingerprint density at radius 1 is 1.23 bits per heavy atom. The van der Waals surface area contributed by atoms with Gasteiger partial charge in [-0.25, -0.2) is 9.18 Å². The number of rotatable bonds is 3. The van der Waals surface area contributed by atoms with Crippen LogP contribution in [-0.4, -0.2) is 47.3 Å². The minimum Gasteiger partial charge on any atom is -0.465 e. The summed E-state index contributed by atoms with van der Waals surface area (Å²) in [6.45, 7) is 0.0544. The maximum absolute atomic E-state index is 14.6. The number of carbonyl (C=O) groups excluding carboxylic acids is 1. The summed E-state index contributed by atoms with van der Waals surface area (Å²) in [7, 11) is 0. The van der Waals surface area contributed by atoms with Gasteiger partial charge >= 0.3 is 6.09 Å². The van der Waals surface area contributed by atoms with Gasteiger partial charge in [0.25, 0.3) is 5.91 Å². The highest BCUT2D eigenvalue weighted by Crippen LogP contribution is 2.26. The Balaban J connectivity index is 1.92. The highest BCUT2D eigenvalue weighted by atomic mass is 35.5. The average Bonchev–Trinajstić information content (AvgIpc) is 2.44. The van der Waals surface area contributed by atoms with Crippen molar-refractivity contribution in [1.82, 2.24) is 10.2 Å². The van der Waals surface area contributed by atoms with Crippen molar-refractivity contribution < 1.29 is 19.1 Å². The van der Waals surface area contributed by atoms with Gasteiger partial charge in [-0.3, -0.25) is 4.79 Å². The minimum atomic E-state index is -1.61. The number of carboxylic acid groups (broad SMARTS) is 1. The second kappa shape index (κ2) is 6.71. The number of piperidine rings is 1. The fraction of sp³-hybridized carbons (Fsp3) is 0.429. The Kier molecular flexibility index (Phi) is 5.13. The normalized spacial score (nSPS) is 17.1. The van der Waals surface area contributed by atoms with E-state index in [-0.39, 0.29) is 38.0 Å². The van der Waals surface area contributed by atoms with Gasteiger partial charge in [0.1, 0.15) is 5.67 Å². The van der Waals surface area contributed by atoms with Gasteiger partial charge in [-0.2, -0.15) is 0 Å². The average molecular weight is 349 g/mol. The van der Waals surface area contributed by atoms with Crippen LogP contribution in [0.25, 0.3) is 0 Å². The monoisotopic (exact) mass is 348 g/mol. The SMILES string of the molecule is O=C(NCC1(F)CCN(C(=O)O)CC1)c1cc(Cl)cc(Cl)c1. The third-order valence-electron chi connectivity index (χ3n) is 3.62. The van der Waals surface area contributed by atoms with Gasteiger partial charge in [-0.05, 0) is 18.2 Å². The summed E-state index contributed by atoms with van der Waals surface area (Å²) in [6, 6.07) is 4.39. The summed E-state index contributed by atoms with van der Waals surface area (Å²) in [5.41, 5.74) is -1.35. The fourth-order valence-electron chi connectivity index (χ4n) is 2.30. The molecule has 0 atom stereocenters. The molecule has 120 valence electrons. The summed E-state index contributed by atoms with van der Waals surface area (Å²) >= 11 is 11.6. The Labute approximate surface area is 137 Å². The molecule has 0 aromatic heterocycles. The lowest BCUT2D eigenvalue weighted by Crippen LogP contribution is -2.49. The van der Waals surface area contributed by atoms with Crippen molar-refractivity contribution in [3.63, 3.8) is 0 Å². The molecule has 0 unspecified atom stereocenters. The summed E-state index contributed by atoms with van der Waals surface area (Å²) in [4.78, 5) is 24.0. The number of hydrogen-bond donors (Lipinski definition) is 2. The molecule has 0 aliphatic carbocycles. The Bertz CT molecular complexity index is 569. The molecule has 0 saturated carbocycles. The number of nitrogens with zero attached hydrogens (tertiary/aromatic N) is 1. The predicted octanol–water partition coefficient (Wildman–Crippen LogP) is 3.21. The Morgan fingerprint density at radius 2 is 1.77 bits per heavy atom. The molecule has 1 aromatic carbocycles. The molecule has 0 bridgehead atoms. The highest BCUT2D eigenvalue weighted by molar-refractivity contribution is 6.35. The molecule has 1 fully saturated rings. The van der Waals surface area contributed by atoms with Gasteiger partial charge in [0, 0.05) is 41.5 Å². The summed E-state index contributed by atoms with van der Waals surface area (Å²) in [5.74, 6) is -0.470. The molecule has 1 aliphatic heterocycles. The van der Waals surface area contributed by atoms with E-state index in [1.54, 1.807) is 0 Å². The standard InChI is InChI=1S/C14H15Cl2FN2O3/c15-10-5-9(6-11(16)7-10)12(20)18-8-14(17)1-3-19(4-2-14)13(21)22/h5-7H,1-4,8H2,(H,18,20)(H,21,22). The van der Waals surface area contributed by atoms with Crippen LogP contribution in [0.1, 0.15) is 23.2 Å². The van der Waals surface area contributed by atoms with Gasteiger partial charge < -0.3 is 15.3 Å². The molecule has 1 heterocycles. The Morgan fingerprint density at radius 3 is 2.27 bits per heavy atom. The van der Waals surface area contributed by atoms with Crippen molar-refractivity contribution >= 4 is 35.2 Å². The molecule has 2 N–H and O–H groups in total. The van der Waals surface area contributed by atoms with E-state index >= 15 is 0 Å². The second-order valence-electron chi connectivity index (χ2n) is 5.26. The summed E-state index contributed by atoms with van der Waals surface area (Å²) in [6.07, 6.45) is -0.953. The molecule has 22 heavy (non-hydrogen) atoms. The van der Waals surface area contributed by atoms with E-state index in [1.807, 2.05) is 0 Å². The summed E-state index contributed by atoms with van der Waals surface area (Å²) < 4.78 is 14.6. The maximum Gasteiger partial charge on any atom is 0.407 e. The molecule has 5 nitrogen and oxygen atoms in total. The molecule has 2 rings (SSSR count). The first-order valence-corrected chi connectivity index (χ1v) is 7.46. The van der Waals surface area contributed by atoms with Gasteiger partial charge in [-0.1, -0.05) is 23.2 Å². The molecular weight excluding hydrogens is 334 g/mol. The highest BCUT2D eigenvalue weighted by Gasteiger charge is 2.36. The van der Waals surface area contributed by atoms with Crippen LogP contribution in [0.15, 0.2) is 18.2 Å². The van der Waals surface area contributed by atoms with Crippen LogP contribution in [0.5, 0.6) is 0 Å². The smallest absolute Gasteiger partial charge is 0.407 e. The van der Waals surface area contributed by atoms with Crippen molar-refractivity contribution in [2.24, 2.45) is 0 Å². The number of amides is 2. The first-order chi connectivity index (χ1) is 10.3. The molecular formula is C14H15Cl2FN2O3. The number of likely N-dealkylation sites (tertiary alicyclic amines) is 1. The first-order valence-electron chi connectivity index (χ1n) is 6.70. The molecule has 1 aliphatic rings. The molecule has 0 radical (unpaired) electrons. The molecule has 1 saturated heterocycles. The van der Waals surface area contributed by atoms with Crippen molar-refractivity contribution in [2.45, 2.75) is 18.5 Å². The van der Waals surface area contributed by atoms with E-state index in [9.17, 15) is 14.0 Å². The van der Waals surface area contributed by atoms with Crippen molar-refractivity contribution in [3.8, 4) is 0 Å². The number of alkyl halides is 1. The van der Waals surface area contributed by atoms with Crippen molar-refractivity contribution in [1.29, 1.82) is 0 Å². The Hall–Kier alpha value is -1.53. The molecule has 1 aromatic rings. The summed E-state index contributed by atoms with van der Waals surface area (Å²) in [5, 5.41) is 12.0. The van der Waals surface area contributed by atoms with Crippen LogP contribution in [0.3, 0.4) is 0 Å². The lowest BCUT2D eigenvalue weighted by Gasteiger charge is -2.35. The zero-order chi connectivity index (χ0) is 16.3. The maximum atomic E-state index is 14.6. The third kappa shape index (κ3) is 4.24. The van der Waals surface area contributed by atoms with Gasteiger partial charge in [0.15, 0.2) is 0 Å². The van der Waals surface area contributed by atoms with Crippen LogP contribution in [0, 0.1) is 0 Å². The fourth-order valence-corrected chi connectivity index (χ4v) is 2.83. The minimum absolute atomic E-state index is 0.0515. The van der Waals surface area contributed by atoms with Gasteiger partial charge in [0.05, 0.1) is 6.54 Å². The van der Waals surface area contributed by atoms with E-state index in [4.69, 9.17) is 28.3 Å². The molecule has 2 amide bonds. The van der Waals surface area contributed by atoms with Crippen LogP contribution in [0.2, 0.25) is 10.0 Å². The van der Waals surface area contributed by atoms with E-state index < -0.39 is 17.7 Å². The zero-order valence-corrected chi connectivity index (χ0v) is 13.1. The second-order valence-corrected chi connectivity index (χ2v) is 6.13. The van der Waals surface area contributed by atoms with Crippen LogP contribution < -0.4 is 5.32 Å². The van der Waals surface area contributed by atoms with Crippen molar-refractivity contribution in [3.05, 3.63) is 33.8 Å². The third-order valence-corrected chi connectivity index (χ3v) is 4.06. The van der Waals surface area contributed by atoms with Crippen molar-refractivity contribution in [2.75, 3.05) is 19.6 Å². The lowest BCUT2D eigenvalue weighted by molar-refractivity contribution is 0.0537. The van der Waals surface area contributed by atoms with Crippen LogP contribution in [-0.2, 0) is 0 Å². The van der Waals surface area contributed by atoms with E-state index in [0.29, 0.717) is 10.0 Å². The van der Waals surface area contributed by atoms with E-state index in [2.05, 4.69) is 5.32 Å². The number of hydrogen-bond acceptors (Lipinski definition) is 2. The number of benzene rings is 1. The van der Waals surface area contributed by atoms with E-state index in [0.717, 1.165) is 4.90 Å². The van der Waals surface area contributed by atoms with Crippen LogP contribution in [0.4, 0.5) is 9.18 Å².